The summed E-state index contributed by atoms with van der Waals surface area (Å²) in [7, 11) is 0. The van der Waals surface area contributed by atoms with Gasteiger partial charge in [0.25, 0.3) is 0 Å². The van der Waals surface area contributed by atoms with Crippen LogP contribution in [-0.2, 0) is 19.3 Å². The third-order valence-corrected chi connectivity index (χ3v) is 3.98. The van der Waals surface area contributed by atoms with E-state index < -0.39 is 0 Å². The molecule has 0 saturated heterocycles. The van der Waals surface area contributed by atoms with Crippen molar-refractivity contribution in [3.05, 3.63) is 57.3 Å². The lowest BCUT2D eigenvalue weighted by Gasteiger charge is -2.03. The van der Waals surface area contributed by atoms with Crippen LogP contribution in [0.2, 0.25) is 0 Å². The number of aryl methyl sites for hydroxylation is 2. The number of thiophene rings is 1. The molecule has 1 heterocycles. The van der Waals surface area contributed by atoms with Crippen LogP contribution in [-0.4, -0.2) is 0 Å². The highest BCUT2D eigenvalue weighted by molar-refractivity contribution is 7.10. The van der Waals surface area contributed by atoms with Crippen LogP contribution in [0, 0.1) is 0 Å². The maximum absolute atomic E-state index is 2.28. The fraction of sp³-hybridized carbons (Fsp3) is 0.231. The van der Waals surface area contributed by atoms with Gasteiger partial charge in [0.15, 0.2) is 0 Å². The average Bonchev–Trinajstić information content (AvgIpc) is 2.58. The molecule has 0 amide bonds. The van der Waals surface area contributed by atoms with Gasteiger partial charge < -0.3 is 0 Å². The molecule has 0 aliphatic heterocycles. The molecule has 1 aliphatic carbocycles. The van der Waals surface area contributed by atoms with E-state index in [4.69, 9.17) is 0 Å². The molecule has 0 atom stereocenters. The first kappa shape index (κ1) is 8.25. The highest BCUT2D eigenvalue weighted by Crippen LogP contribution is 2.27. The number of benzene rings is 1. The molecule has 0 bridgehead atoms. The maximum Gasteiger partial charge on any atom is 0.00838 e. The number of rotatable bonds is 0. The summed E-state index contributed by atoms with van der Waals surface area (Å²) in [5.74, 6) is 0. The lowest BCUT2D eigenvalue weighted by molar-refractivity contribution is 0.984. The molecule has 70 valence electrons. The van der Waals surface area contributed by atoms with Crippen LogP contribution in [0.25, 0.3) is 0 Å². The summed E-state index contributed by atoms with van der Waals surface area (Å²) in [4.78, 5) is 1.58. The van der Waals surface area contributed by atoms with Crippen molar-refractivity contribution in [2.45, 2.75) is 19.3 Å². The maximum atomic E-state index is 2.28. The van der Waals surface area contributed by atoms with E-state index in [1.165, 1.54) is 24.0 Å². The predicted octanol–water partition coefficient (Wildman–Crippen LogP) is 3.44. The van der Waals surface area contributed by atoms with Crippen molar-refractivity contribution in [2.24, 2.45) is 0 Å². The highest BCUT2D eigenvalue weighted by Gasteiger charge is 2.12. The van der Waals surface area contributed by atoms with Crippen LogP contribution in [0.15, 0.2) is 35.7 Å². The zero-order valence-electron chi connectivity index (χ0n) is 7.99. The van der Waals surface area contributed by atoms with Crippen LogP contribution in [0.5, 0.6) is 0 Å². The van der Waals surface area contributed by atoms with Gasteiger partial charge in [-0.2, -0.15) is 0 Å². The lowest BCUT2D eigenvalue weighted by atomic mass is 10.0. The van der Waals surface area contributed by atoms with Crippen molar-refractivity contribution in [1.82, 2.24) is 0 Å². The average molecular weight is 200 g/mol. The fourth-order valence-electron chi connectivity index (χ4n) is 2.17. The standard InChI is InChI=1S/C13H12S/c1-2-4-11-9-12-7-8-14-13(12)6-5-10(11)3-1/h1-4,7-8H,5-6,9H2. The van der Waals surface area contributed by atoms with Crippen LogP contribution in [0.3, 0.4) is 0 Å². The largest absolute Gasteiger partial charge is 0.149 e. The van der Waals surface area contributed by atoms with Gasteiger partial charge in [0, 0.05) is 4.88 Å². The first-order valence-electron chi connectivity index (χ1n) is 5.05. The van der Waals surface area contributed by atoms with Crippen molar-refractivity contribution >= 4 is 11.3 Å². The Labute approximate surface area is 88.2 Å². The van der Waals surface area contributed by atoms with Crippen LogP contribution < -0.4 is 0 Å². The van der Waals surface area contributed by atoms with Gasteiger partial charge in [-0.1, -0.05) is 24.3 Å². The third-order valence-electron chi connectivity index (χ3n) is 2.96. The summed E-state index contributed by atoms with van der Waals surface area (Å²) in [5.41, 5.74) is 4.60. The Balaban J connectivity index is 2.10. The molecule has 0 N–H and O–H groups in total. The van der Waals surface area contributed by atoms with Crippen molar-refractivity contribution in [1.29, 1.82) is 0 Å². The van der Waals surface area contributed by atoms with Crippen LogP contribution in [0.1, 0.15) is 21.6 Å². The van der Waals surface area contributed by atoms with Gasteiger partial charge in [0.2, 0.25) is 0 Å². The summed E-state index contributed by atoms with van der Waals surface area (Å²) in [5, 5.41) is 2.22. The van der Waals surface area contributed by atoms with E-state index in [1.54, 1.807) is 10.4 Å². The van der Waals surface area contributed by atoms with E-state index in [2.05, 4.69) is 35.7 Å². The Morgan fingerprint density at radius 3 is 2.64 bits per heavy atom. The Kier molecular flexibility index (Phi) is 1.91. The Morgan fingerprint density at radius 2 is 1.71 bits per heavy atom. The Bertz CT molecular complexity index is 454. The second-order valence-electron chi connectivity index (χ2n) is 3.81. The molecule has 0 nitrogen and oxygen atoms in total. The third kappa shape index (κ3) is 1.28. The molecule has 0 unspecified atom stereocenters. The molecule has 1 heteroatoms. The molecule has 2 aromatic rings. The van der Waals surface area contributed by atoms with E-state index in [-0.39, 0.29) is 0 Å². The van der Waals surface area contributed by atoms with E-state index in [0.29, 0.717) is 0 Å². The minimum atomic E-state index is 1.13. The summed E-state index contributed by atoms with van der Waals surface area (Å²) < 4.78 is 0. The molecule has 1 aromatic carbocycles. The number of hydrogen-bond acceptors (Lipinski definition) is 1. The summed E-state index contributed by atoms with van der Waals surface area (Å²) >= 11 is 1.91. The van der Waals surface area contributed by atoms with Crippen molar-refractivity contribution < 1.29 is 0 Å². The van der Waals surface area contributed by atoms with Crippen molar-refractivity contribution in [2.75, 3.05) is 0 Å². The molecule has 0 radical (unpaired) electrons. The van der Waals surface area contributed by atoms with Crippen molar-refractivity contribution in [3.8, 4) is 0 Å². The molecule has 0 saturated carbocycles. The summed E-state index contributed by atoms with van der Waals surface area (Å²) in [6.07, 6.45) is 3.57. The minimum absolute atomic E-state index is 1.13. The van der Waals surface area contributed by atoms with Gasteiger partial charge in [0.05, 0.1) is 0 Å². The van der Waals surface area contributed by atoms with Gasteiger partial charge in [-0.15, -0.1) is 11.3 Å². The molecule has 1 aromatic heterocycles. The van der Waals surface area contributed by atoms with Gasteiger partial charge in [-0.05, 0) is 47.4 Å². The summed E-state index contributed by atoms with van der Waals surface area (Å²) in [6.45, 7) is 0. The molecule has 0 spiro atoms. The Morgan fingerprint density at radius 1 is 0.857 bits per heavy atom. The quantitative estimate of drug-likeness (QED) is 0.611. The SMILES string of the molecule is c1ccc2c(c1)CCc1sccc1C2. The topological polar surface area (TPSA) is 0 Å². The zero-order valence-corrected chi connectivity index (χ0v) is 8.81. The zero-order chi connectivity index (χ0) is 9.38. The van der Waals surface area contributed by atoms with Crippen molar-refractivity contribution in [3.63, 3.8) is 0 Å². The molecule has 1 aliphatic rings. The highest BCUT2D eigenvalue weighted by atomic mass is 32.1. The van der Waals surface area contributed by atoms with E-state index in [0.717, 1.165) is 6.42 Å². The lowest BCUT2D eigenvalue weighted by Crippen LogP contribution is -1.90. The summed E-state index contributed by atoms with van der Waals surface area (Å²) in [6, 6.07) is 11.1. The van der Waals surface area contributed by atoms with Gasteiger partial charge in [0.1, 0.15) is 0 Å². The fourth-order valence-corrected chi connectivity index (χ4v) is 3.08. The van der Waals surface area contributed by atoms with E-state index >= 15 is 0 Å². The predicted molar refractivity (Wildman–Crippen MR) is 61.0 cm³/mol. The van der Waals surface area contributed by atoms with Crippen LogP contribution >= 0.6 is 11.3 Å². The molecular formula is C13H12S. The van der Waals surface area contributed by atoms with Crippen LogP contribution in [0.4, 0.5) is 0 Å². The van der Waals surface area contributed by atoms with Gasteiger partial charge in [-0.25, -0.2) is 0 Å². The second-order valence-corrected chi connectivity index (χ2v) is 4.82. The van der Waals surface area contributed by atoms with Gasteiger partial charge >= 0.3 is 0 Å². The molecular weight excluding hydrogens is 188 g/mol. The number of fused-ring (bicyclic) bond motifs is 2. The molecule has 3 rings (SSSR count). The monoisotopic (exact) mass is 200 g/mol. The first-order valence-corrected chi connectivity index (χ1v) is 5.93. The normalized spacial score (nSPS) is 14.3. The number of hydrogen-bond donors (Lipinski definition) is 0. The Hall–Kier alpha value is -1.08. The van der Waals surface area contributed by atoms with Gasteiger partial charge in [-0.3, -0.25) is 0 Å². The molecule has 0 fully saturated rings. The van der Waals surface area contributed by atoms with E-state index in [1.807, 2.05) is 11.3 Å². The first-order chi connectivity index (χ1) is 6.93. The smallest absolute Gasteiger partial charge is 0.00838 e. The minimum Gasteiger partial charge on any atom is -0.149 e. The molecule has 14 heavy (non-hydrogen) atoms. The second kappa shape index (κ2) is 3.25. The van der Waals surface area contributed by atoms with E-state index in [9.17, 15) is 0 Å².